The molecule has 1 rings (SSSR count). The molecular weight excluding hydrogens is 186 g/mol. The zero-order chi connectivity index (χ0) is 11.4. The maximum Gasteiger partial charge on any atom is 0.0793 e. The molecule has 0 aromatic carbocycles. The van der Waals surface area contributed by atoms with Gasteiger partial charge in [-0.15, -0.1) is 0 Å². The zero-order valence-electron chi connectivity index (χ0n) is 10.1. The lowest BCUT2D eigenvalue weighted by Crippen LogP contribution is -2.05. The molecule has 15 heavy (non-hydrogen) atoms. The smallest absolute Gasteiger partial charge is 0.0793 e. The summed E-state index contributed by atoms with van der Waals surface area (Å²) in [6.07, 6.45) is 1.60. The standard InChI is InChI=1S/C13H21NO/c1-5-9(2)6-13(15)12-7-10(3)14-11(4)8-12/h7-9,13,15H,5-6H2,1-4H3. The van der Waals surface area contributed by atoms with Crippen molar-refractivity contribution >= 4 is 0 Å². The summed E-state index contributed by atoms with van der Waals surface area (Å²) in [4.78, 5) is 4.30. The lowest BCUT2D eigenvalue weighted by Gasteiger charge is -2.16. The predicted molar refractivity (Wildman–Crippen MR) is 62.7 cm³/mol. The van der Waals surface area contributed by atoms with Crippen molar-refractivity contribution in [3.05, 3.63) is 29.1 Å². The molecule has 1 N–H and O–H groups in total. The Bertz CT molecular complexity index is 302. The van der Waals surface area contributed by atoms with E-state index in [1.807, 2.05) is 26.0 Å². The van der Waals surface area contributed by atoms with Gasteiger partial charge >= 0.3 is 0 Å². The number of aliphatic hydroxyl groups excluding tert-OH is 1. The van der Waals surface area contributed by atoms with Gasteiger partial charge in [-0.3, -0.25) is 4.98 Å². The van der Waals surface area contributed by atoms with Crippen LogP contribution < -0.4 is 0 Å². The summed E-state index contributed by atoms with van der Waals surface area (Å²) in [5.74, 6) is 0.564. The molecule has 2 unspecified atom stereocenters. The zero-order valence-corrected chi connectivity index (χ0v) is 10.1. The predicted octanol–water partition coefficient (Wildman–Crippen LogP) is 3.17. The minimum atomic E-state index is -0.347. The minimum absolute atomic E-state index is 0.347. The quantitative estimate of drug-likeness (QED) is 0.822. The highest BCUT2D eigenvalue weighted by Crippen LogP contribution is 2.23. The third kappa shape index (κ3) is 3.63. The second-order valence-corrected chi connectivity index (χ2v) is 4.45. The summed E-state index contributed by atoms with van der Waals surface area (Å²) in [5, 5.41) is 10.0. The Kier molecular flexibility index (Phi) is 4.28. The Morgan fingerprint density at radius 3 is 2.27 bits per heavy atom. The number of aromatic nitrogens is 1. The summed E-state index contributed by atoms with van der Waals surface area (Å²) in [7, 11) is 0. The number of pyridine rings is 1. The van der Waals surface area contributed by atoms with Gasteiger partial charge < -0.3 is 5.11 Å². The first-order chi connectivity index (χ1) is 7.02. The number of rotatable bonds is 4. The van der Waals surface area contributed by atoms with Gasteiger partial charge in [0.15, 0.2) is 0 Å². The second-order valence-electron chi connectivity index (χ2n) is 4.45. The van der Waals surface area contributed by atoms with Crippen LogP contribution in [0.4, 0.5) is 0 Å². The van der Waals surface area contributed by atoms with E-state index in [-0.39, 0.29) is 6.10 Å². The summed E-state index contributed by atoms with van der Waals surface area (Å²) in [5.41, 5.74) is 2.96. The van der Waals surface area contributed by atoms with Gasteiger partial charge in [0, 0.05) is 11.4 Å². The van der Waals surface area contributed by atoms with Gasteiger partial charge in [-0.05, 0) is 43.9 Å². The van der Waals surface area contributed by atoms with Gasteiger partial charge in [-0.25, -0.2) is 0 Å². The second kappa shape index (κ2) is 5.26. The van der Waals surface area contributed by atoms with Crippen LogP contribution in [-0.2, 0) is 0 Å². The van der Waals surface area contributed by atoms with Gasteiger partial charge in [0.1, 0.15) is 0 Å². The topological polar surface area (TPSA) is 33.1 Å². The van der Waals surface area contributed by atoms with Crippen LogP contribution in [0.2, 0.25) is 0 Å². The maximum atomic E-state index is 10.0. The average molecular weight is 207 g/mol. The summed E-state index contributed by atoms with van der Waals surface area (Å²) < 4.78 is 0. The van der Waals surface area contributed by atoms with Crippen LogP contribution in [0.5, 0.6) is 0 Å². The van der Waals surface area contributed by atoms with E-state index in [0.29, 0.717) is 5.92 Å². The molecule has 0 aliphatic rings. The van der Waals surface area contributed by atoms with E-state index in [9.17, 15) is 5.11 Å². The van der Waals surface area contributed by atoms with E-state index in [1.165, 1.54) is 0 Å². The fourth-order valence-corrected chi connectivity index (χ4v) is 1.74. The fraction of sp³-hybridized carbons (Fsp3) is 0.615. The first-order valence-electron chi connectivity index (χ1n) is 5.66. The number of hydrogen-bond donors (Lipinski definition) is 1. The van der Waals surface area contributed by atoms with Crippen molar-refractivity contribution < 1.29 is 5.11 Å². The third-order valence-electron chi connectivity index (χ3n) is 2.81. The Labute approximate surface area is 92.4 Å². The molecule has 84 valence electrons. The van der Waals surface area contributed by atoms with E-state index < -0.39 is 0 Å². The molecule has 0 radical (unpaired) electrons. The molecule has 0 amide bonds. The first kappa shape index (κ1) is 12.2. The maximum absolute atomic E-state index is 10.0. The molecule has 0 aliphatic carbocycles. The molecule has 0 saturated heterocycles. The Hall–Kier alpha value is -0.890. The Morgan fingerprint density at radius 2 is 1.80 bits per heavy atom. The van der Waals surface area contributed by atoms with Crippen molar-refractivity contribution in [3.8, 4) is 0 Å². The lowest BCUT2D eigenvalue weighted by molar-refractivity contribution is 0.146. The molecule has 0 bridgehead atoms. The lowest BCUT2D eigenvalue weighted by atomic mass is 9.96. The van der Waals surface area contributed by atoms with Crippen LogP contribution in [0.1, 0.15) is 49.7 Å². The van der Waals surface area contributed by atoms with Crippen LogP contribution in [-0.4, -0.2) is 10.1 Å². The van der Waals surface area contributed by atoms with Gasteiger partial charge in [-0.1, -0.05) is 20.3 Å². The molecule has 2 nitrogen and oxygen atoms in total. The third-order valence-corrected chi connectivity index (χ3v) is 2.81. The number of hydrogen-bond acceptors (Lipinski definition) is 2. The van der Waals surface area contributed by atoms with E-state index >= 15 is 0 Å². The first-order valence-corrected chi connectivity index (χ1v) is 5.66. The Morgan fingerprint density at radius 1 is 1.27 bits per heavy atom. The van der Waals surface area contributed by atoms with Crippen molar-refractivity contribution in [1.29, 1.82) is 0 Å². The molecule has 1 heterocycles. The number of aryl methyl sites for hydroxylation is 2. The van der Waals surface area contributed by atoms with Crippen molar-refractivity contribution in [2.75, 3.05) is 0 Å². The van der Waals surface area contributed by atoms with E-state index in [2.05, 4.69) is 18.8 Å². The molecular formula is C13H21NO. The minimum Gasteiger partial charge on any atom is -0.388 e. The molecule has 0 spiro atoms. The molecule has 2 heteroatoms. The van der Waals surface area contributed by atoms with Crippen LogP contribution >= 0.6 is 0 Å². The summed E-state index contributed by atoms with van der Waals surface area (Å²) in [6, 6.07) is 3.94. The fourth-order valence-electron chi connectivity index (χ4n) is 1.74. The van der Waals surface area contributed by atoms with E-state index in [4.69, 9.17) is 0 Å². The average Bonchev–Trinajstić information content (AvgIpc) is 2.16. The van der Waals surface area contributed by atoms with Crippen LogP contribution in [0, 0.1) is 19.8 Å². The van der Waals surface area contributed by atoms with E-state index in [1.54, 1.807) is 0 Å². The molecule has 2 atom stereocenters. The molecule has 1 aromatic rings. The molecule has 0 saturated carbocycles. The number of nitrogens with zero attached hydrogens (tertiary/aromatic N) is 1. The van der Waals surface area contributed by atoms with Crippen molar-refractivity contribution in [3.63, 3.8) is 0 Å². The van der Waals surface area contributed by atoms with Crippen LogP contribution in [0.25, 0.3) is 0 Å². The number of aliphatic hydroxyl groups is 1. The monoisotopic (exact) mass is 207 g/mol. The largest absolute Gasteiger partial charge is 0.388 e. The summed E-state index contributed by atoms with van der Waals surface area (Å²) >= 11 is 0. The highest BCUT2D eigenvalue weighted by Gasteiger charge is 2.12. The van der Waals surface area contributed by atoms with E-state index in [0.717, 1.165) is 29.8 Å². The van der Waals surface area contributed by atoms with Gasteiger partial charge in [0.25, 0.3) is 0 Å². The van der Waals surface area contributed by atoms with Crippen molar-refractivity contribution in [2.45, 2.75) is 46.6 Å². The highest BCUT2D eigenvalue weighted by atomic mass is 16.3. The van der Waals surface area contributed by atoms with Crippen LogP contribution in [0.3, 0.4) is 0 Å². The van der Waals surface area contributed by atoms with Crippen molar-refractivity contribution in [2.24, 2.45) is 5.92 Å². The SMILES string of the molecule is CCC(C)CC(O)c1cc(C)nc(C)c1. The normalized spacial score (nSPS) is 15.0. The molecule has 0 aliphatic heterocycles. The highest BCUT2D eigenvalue weighted by molar-refractivity contribution is 5.22. The Balaban J connectivity index is 2.77. The van der Waals surface area contributed by atoms with Crippen LogP contribution in [0.15, 0.2) is 12.1 Å². The summed E-state index contributed by atoms with van der Waals surface area (Å²) in [6.45, 7) is 8.25. The van der Waals surface area contributed by atoms with Gasteiger partial charge in [0.2, 0.25) is 0 Å². The molecule has 1 aromatic heterocycles. The van der Waals surface area contributed by atoms with Crippen molar-refractivity contribution in [1.82, 2.24) is 4.98 Å². The molecule has 0 fully saturated rings. The van der Waals surface area contributed by atoms with Gasteiger partial charge in [0.05, 0.1) is 6.10 Å². The van der Waals surface area contributed by atoms with Gasteiger partial charge in [-0.2, -0.15) is 0 Å².